The summed E-state index contributed by atoms with van der Waals surface area (Å²) in [5, 5.41) is 3.36. The van der Waals surface area contributed by atoms with Gasteiger partial charge in [-0.25, -0.2) is 0 Å². The summed E-state index contributed by atoms with van der Waals surface area (Å²) in [7, 11) is 0. The van der Waals surface area contributed by atoms with Crippen molar-refractivity contribution in [2.45, 2.75) is 39.8 Å². The molecule has 0 fully saturated rings. The van der Waals surface area contributed by atoms with Crippen LogP contribution in [0.5, 0.6) is 0 Å². The molecule has 0 saturated heterocycles. The van der Waals surface area contributed by atoms with Crippen molar-refractivity contribution in [3.63, 3.8) is 0 Å². The van der Waals surface area contributed by atoms with Crippen molar-refractivity contribution in [3.8, 4) is 0 Å². The van der Waals surface area contributed by atoms with E-state index in [-0.39, 0.29) is 18.2 Å². The molecule has 0 aliphatic rings. The molecule has 0 aliphatic heterocycles. The zero-order valence-corrected chi connectivity index (χ0v) is 16.2. The topological polar surface area (TPSA) is 49.4 Å². The molecule has 2 rings (SSSR count). The van der Waals surface area contributed by atoms with E-state index >= 15 is 0 Å². The van der Waals surface area contributed by atoms with Crippen LogP contribution in [-0.4, -0.2) is 29.3 Å². The van der Waals surface area contributed by atoms with Gasteiger partial charge in [0.2, 0.25) is 11.8 Å². The first kappa shape index (κ1) is 20.0. The smallest absolute Gasteiger partial charge is 0.242 e. The summed E-state index contributed by atoms with van der Waals surface area (Å²) in [5.41, 5.74) is 2.87. The van der Waals surface area contributed by atoms with Gasteiger partial charge in [-0.2, -0.15) is 0 Å². The summed E-state index contributed by atoms with van der Waals surface area (Å²) >= 11 is 6.20. The molecular weight excluding hydrogens is 348 g/mol. The van der Waals surface area contributed by atoms with Crippen LogP contribution < -0.4 is 5.32 Å². The molecule has 4 nitrogen and oxygen atoms in total. The molecule has 138 valence electrons. The summed E-state index contributed by atoms with van der Waals surface area (Å²) in [6, 6.07) is 14.6. The second-order valence-electron chi connectivity index (χ2n) is 6.29. The normalized spacial score (nSPS) is 11.7. The Morgan fingerprint density at radius 2 is 1.69 bits per heavy atom. The number of nitrogens with one attached hydrogen (secondary N) is 1. The van der Waals surface area contributed by atoms with Gasteiger partial charge in [-0.15, -0.1) is 0 Å². The molecule has 0 bridgehead atoms. The molecular formula is C21H25ClN2O2. The van der Waals surface area contributed by atoms with Gasteiger partial charge >= 0.3 is 0 Å². The summed E-state index contributed by atoms with van der Waals surface area (Å²) in [6.07, 6.45) is 0.162. The monoisotopic (exact) mass is 372 g/mol. The highest BCUT2D eigenvalue weighted by atomic mass is 35.5. The second-order valence-corrected chi connectivity index (χ2v) is 6.69. The standard InChI is InChI=1S/C21H25ClN2O2/c1-4-23-21(26)16(3)24(14-18-11-6-5-9-15(18)2)20(25)13-17-10-7-8-12-19(17)22/h5-12,16H,4,13-14H2,1-3H3,(H,23,26). The van der Waals surface area contributed by atoms with Crippen LogP contribution in [0.3, 0.4) is 0 Å². The van der Waals surface area contributed by atoms with Crippen molar-refractivity contribution in [2.75, 3.05) is 6.54 Å². The zero-order valence-electron chi connectivity index (χ0n) is 15.5. The summed E-state index contributed by atoms with van der Waals surface area (Å²) in [4.78, 5) is 27.0. The number of aryl methyl sites for hydroxylation is 1. The van der Waals surface area contributed by atoms with Crippen LogP contribution in [-0.2, 0) is 22.6 Å². The fourth-order valence-corrected chi connectivity index (χ4v) is 2.98. The van der Waals surface area contributed by atoms with E-state index in [9.17, 15) is 9.59 Å². The molecule has 0 spiro atoms. The number of nitrogens with zero attached hydrogens (tertiary/aromatic N) is 1. The van der Waals surface area contributed by atoms with Gasteiger partial charge in [0.25, 0.3) is 0 Å². The molecule has 1 N–H and O–H groups in total. The molecule has 2 aromatic rings. The lowest BCUT2D eigenvalue weighted by Crippen LogP contribution is -2.48. The fourth-order valence-electron chi connectivity index (χ4n) is 2.78. The number of rotatable bonds is 7. The van der Waals surface area contributed by atoms with Crippen molar-refractivity contribution in [3.05, 3.63) is 70.2 Å². The molecule has 1 atom stereocenters. The lowest BCUT2D eigenvalue weighted by atomic mass is 10.1. The molecule has 0 radical (unpaired) electrons. The molecule has 0 saturated carbocycles. The van der Waals surface area contributed by atoms with Gasteiger partial charge in [0, 0.05) is 18.1 Å². The van der Waals surface area contributed by atoms with E-state index in [1.807, 2.05) is 56.3 Å². The third-order valence-corrected chi connectivity index (χ3v) is 4.79. The molecule has 0 aliphatic carbocycles. The van der Waals surface area contributed by atoms with Crippen LogP contribution in [0.4, 0.5) is 0 Å². The molecule has 1 unspecified atom stereocenters. The fraction of sp³-hybridized carbons (Fsp3) is 0.333. The SMILES string of the molecule is CCNC(=O)C(C)N(Cc1ccccc1C)C(=O)Cc1ccccc1Cl. The molecule has 2 aromatic carbocycles. The maximum atomic E-state index is 13.0. The largest absolute Gasteiger partial charge is 0.355 e. The van der Waals surface area contributed by atoms with E-state index < -0.39 is 6.04 Å². The minimum Gasteiger partial charge on any atom is -0.355 e. The first-order chi connectivity index (χ1) is 12.4. The minimum absolute atomic E-state index is 0.125. The van der Waals surface area contributed by atoms with Crippen molar-refractivity contribution in [1.82, 2.24) is 10.2 Å². The van der Waals surface area contributed by atoms with Crippen LogP contribution >= 0.6 is 11.6 Å². The maximum Gasteiger partial charge on any atom is 0.242 e. The third kappa shape index (κ3) is 5.09. The van der Waals surface area contributed by atoms with Crippen LogP contribution in [0.1, 0.15) is 30.5 Å². The lowest BCUT2D eigenvalue weighted by molar-refractivity contribution is -0.140. The van der Waals surface area contributed by atoms with E-state index in [1.165, 1.54) is 0 Å². The number of amides is 2. The number of hydrogen-bond acceptors (Lipinski definition) is 2. The number of carbonyl (C=O) groups excluding carboxylic acids is 2. The van der Waals surface area contributed by atoms with Gasteiger partial charge in [0.1, 0.15) is 6.04 Å². The summed E-state index contributed by atoms with van der Waals surface area (Å²) in [5.74, 6) is -0.284. The van der Waals surface area contributed by atoms with Crippen LogP contribution in [0.15, 0.2) is 48.5 Å². The summed E-state index contributed by atoms with van der Waals surface area (Å²) < 4.78 is 0. The number of benzene rings is 2. The lowest BCUT2D eigenvalue weighted by Gasteiger charge is -2.29. The van der Waals surface area contributed by atoms with Crippen molar-refractivity contribution < 1.29 is 9.59 Å². The predicted octanol–water partition coefficient (Wildman–Crippen LogP) is 3.74. The van der Waals surface area contributed by atoms with Gasteiger partial charge < -0.3 is 10.2 Å². The number of likely N-dealkylation sites (N-methyl/N-ethyl adjacent to an activating group) is 1. The predicted molar refractivity (Wildman–Crippen MR) is 105 cm³/mol. The van der Waals surface area contributed by atoms with Crippen molar-refractivity contribution >= 4 is 23.4 Å². The number of halogens is 1. The Labute approximate surface area is 160 Å². The first-order valence-corrected chi connectivity index (χ1v) is 9.17. The Hall–Kier alpha value is -2.33. The van der Waals surface area contributed by atoms with E-state index in [2.05, 4.69) is 5.32 Å². The summed E-state index contributed by atoms with van der Waals surface area (Å²) in [6.45, 7) is 6.53. The highest BCUT2D eigenvalue weighted by Crippen LogP contribution is 2.19. The van der Waals surface area contributed by atoms with E-state index in [1.54, 1.807) is 17.9 Å². The molecule has 0 aromatic heterocycles. The Morgan fingerprint density at radius 1 is 1.08 bits per heavy atom. The Kier molecular flexibility index (Phi) is 7.22. The molecule has 26 heavy (non-hydrogen) atoms. The van der Waals surface area contributed by atoms with Crippen LogP contribution in [0, 0.1) is 6.92 Å². The van der Waals surface area contributed by atoms with Gasteiger partial charge in [0.05, 0.1) is 6.42 Å². The quantitative estimate of drug-likeness (QED) is 0.804. The van der Waals surface area contributed by atoms with Gasteiger partial charge in [-0.05, 0) is 43.5 Å². The van der Waals surface area contributed by atoms with Gasteiger partial charge in [-0.3, -0.25) is 9.59 Å². The average Bonchev–Trinajstić information content (AvgIpc) is 2.62. The van der Waals surface area contributed by atoms with E-state index in [0.717, 1.165) is 16.7 Å². The Morgan fingerprint density at radius 3 is 2.31 bits per heavy atom. The number of carbonyl (C=O) groups is 2. The maximum absolute atomic E-state index is 13.0. The number of hydrogen-bond donors (Lipinski definition) is 1. The van der Waals surface area contributed by atoms with Crippen molar-refractivity contribution in [1.29, 1.82) is 0 Å². The first-order valence-electron chi connectivity index (χ1n) is 8.79. The van der Waals surface area contributed by atoms with Gasteiger partial charge in [-0.1, -0.05) is 54.1 Å². The Bertz CT molecular complexity index is 776. The van der Waals surface area contributed by atoms with Gasteiger partial charge in [0.15, 0.2) is 0 Å². The van der Waals surface area contributed by atoms with Crippen molar-refractivity contribution in [2.24, 2.45) is 0 Å². The van der Waals surface area contributed by atoms with Crippen LogP contribution in [0.2, 0.25) is 5.02 Å². The zero-order chi connectivity index (χ0) is 19.1. The molecule has 0 heterocycles. The average molecular weight is 373 g/mol. The van der Waals surface area contributed by atoms with E-state index in [4.69, 9.17) is 11.6 Å². The second kappa shape index (κ2) is 9.39. The molecule has 2 amide bonds. The third-order valence-electron chi connectivity index (χ3n) is 4.42. The van der Waals surface area contributed by atoms with Crippen LogP contribution in [0.25, 0.3) is 0 Å². The highest BCUT2D eigenvalue weighted by Gasteiger charge is 2.26. The molecule has 5 heteroatoms. The highest BCUT2D eigenvalue weighted by molar-refractivity contribution is 6.31. The minimum atomic E-state index is -0.565. The Balaban J connectivity index is 2.27. The van der Waals surface area contributed by atoms with E-state index in [0.29, 0.717) is 18.1 Å².